The molecule has 4 nitrogen and oxygen atoms in total. The Hall–Kier alpha value is -1.79. The lowest BCUT2D eigenvalue weighted by Gasteiger charge is -2.44. The van der Waals surface area contributed by atoms with Crippen molar-refractivity contribution in [1.29, 1.82) is 0 Å². The molecule has 6 heteroatoms. The second kappa shape index (κ2) is 6.76. The summed E-state index contributed by atoms with van der Waals surface area (Å²) < 4.78 is 27.4. The minimum atomic E-state index is -2.51. The number of nitrogens with zero attached hydrogens (tertiary/aromatic N) is 4. The zero-order chi connectivity index (χ0) is 16.4. The van der Waals surface area contributed by atoms with E-state index in [-0.39, 0.29) is 5.69 Å². The Morgan fingerprint density at radius 1 is 1.26 bits per heavy atom. The second-order valence-electron chi connectivity index (χ2n) is 6.26. The van der Waals surface area contributed by atoms with Crippen LogP contribution in [-0.2, 0) is 20.1 Å². The van der Waals surface area contributed by atoms with E-state index in [4.69, 9.17) is 0 Å². The van der Waals surface area contributed by atoms with Gasteiger partial charge in [0, 0.05) is 51.0 Å². The SMILES string of the molecule is CN(Cc1ccccc1)C1CN(Cc2cn(C)nc2C(F)F)C1. The lowest BCUT2D eigenvalue weighted by Crippen LogP contribution is -2.57. The van der Waals surface area contributed by atoms with Crippen molar-refractivity contribution >= 4 is 0 Å². The fourth-order valence-electron chi connectivity index (χ4n) is 3.05. The van der Waals surface area contributed by atoms with Crippen LogP contribution in [-0.4, -0.2) is 45.8 Å². The Kier molecular flexibility index (Phi) is 4.73. The van der Waals surface area contributed by atoms with Gasteiger partial charge < -0.3 is 0 Å². The van der Waals surface area contributed by atoms with Crippen molar-refractivity contribution in [2.75, 3.05) is 20.1 Å². The summed E-state index contributed by atoms with van der Waals surface area (Å²) in [6.07, 6.45) is -0.813. The molecule has 1 saturated heterocycles. The van der Waals surface area contributed by atoms with Crippen molar-refractivity contribution in [1.82, 2.24) is 19.6 Å². The molecule has 1 aromatic heterocycles. The predicted molar refractivity (Wildman–Crippen MR) is 85.1 cm³/mol. The highest BCUT2D eigenvalue weighted by Gasteiger charge is 2.31. The number of alkyl halides is 2. The van der Waals surface area contributed by atoms with E-state index in [0.717, 1.165) is 19.6 Å². The van der Waals surface area contributed by atoms with Crippen LogP contribution in [0.15, 0.2) is 36.5 Å². The summed E-state index contributed by atoms with van der Waals surface area (Å²) in [5.41, 5.74) is 1.83. The van der Waals surface area contributed by atoms with Crippen molar-refractivity contribution in [2.45, 2.75) is 25.6 Å². The smallest absolute Gasteiger partial charge is 0.282 e. The maximum absolute atomic E-state index is 13.0. The molecule has 1 fully saturated rings. The molecule has 2 aromatic rings. The summed E-state index contributed by atoms with van der Waals surface area (Å²) in [5.74, 6) is 0. The first kappa shape index (κ1) is 16.1. The van der Waals surface area contributed by atoms with Crippen LogP contribution in [0.1, 0.15) is 23.2 Å². The topological polar surface area (TPSA) is 24.3 Å². The van der Waals surface area contributed by atoms with E-state index in [0.29, 0.717) is 18.2 Å². The number of benzene rings is 1. The summed E-state index contributed by atoms with van der Waals surface area (Å²) in [5, 5.41) is 3.86. The normalized spacial score (nSPS) is 16.3. The lowest BCUT2D eigenvalue weighted by molar-refractivity contribution is 0.0383. The van der Waals surface area contributed by atoms with E-state index in [1.807, 2.05) is 18.2 Å². The number of rotatable bonds is 6. The minimum absolute atomic E-state index is 0.0893. The summed E-state index contributed by atoms with van der Waals surface area (Å²) in [6.45, 7) is 3.26. The molecule has 2 heterocycles. The zero-order valence-corrected chi connectivity index (χ0v) is 13.5. The minimum Gasteiger partial charge on any atom is -0.297 e. The predicted octanol–water partition coefficient (Wildman–Crippen LogP) is 2.67. The van der Waals surface area contributed by atoms with Crippen molar-refractivity contribution in [3.63, 3.8) is 0 Å². The third-order valence-corrected chi connectivity index (χ3v) is 4.37. The average Bonchev–Trinajstić information content (AvgIpc) is 2.84. The first-order valence-corrected chi connectivity index (χ1v) is 7.80. The molecule has 0 amide bonds. The van der Waals surface area contributed by atoms with Gasteiger partial charge in [-0.1, -0.05) is 30.3 Å². The molecule has 0 N–H and O–H groups in total. The quantitative estimate of drug-likeness (QED) is 0.818. The molecule has 0 bridgehead atoms. The van der Waals surface area contributed by atoms with E-state index >= 15 is 0 Å². The van der Waals surface area contributed by atoms with Gasteiger partial charge in [-0.3, -0.25) is 14.5 Å². The van der Waals surface area contributed by atoms with Gasteiger partial charge in [-0.2, -0.15) is 5.10 Å². The van der Waals surface area contributed by atoms with E-state index in [1.54, 1.807) is 13.2 Å². The zero-order valence-electron chi connectivity index (χ0n) is 13.5. The Morgan fingerprint density at radius 2 is 1.96 bits per heavy atom. The van der Waals surface area contributed by atoms with Crippen LogP contribution in [0.2, 0.25) is 0 Å². The van der Waals surface area contributed by atoms with E-state index < -0.39 is 6.43 Å². The standard InChI is InChI=1S/C17H22F2N4/c1-21(8-13-6-4-3-5-7-13)15-11-23(12-15)10-14-9-22(2)20-16(14)17(18)19/h3-7,9,15,17H,8,10-12H2,1-2H3. The number of hydrogen-bond acceptors (Lipinski definition) is 3. The van der Waals surface area contributed by atoms with Crippen molar-refractivity contribution in [3.8, 4) is 0 Å². The van der Waals surface area contributed by atoms with Gasteiger partial charge in [0.2, 0.25) is 0 Å². The monoisotopic (exact) mass is 320 g/mol. The fraction of sp³-hybridized carbons (Fsp3) is 0.471. The van der Waals surface area contributed by atoms with Gasteiger partial charge in [-0.15, -0.1) is 0 Å². The Balaban J connectivity index is 1.51. The molecule has 0 aliphatic carbocycles. The van der Waals surface area contributed by atoms with Gasteiger partial charge in [0.25, 0.3) is 6.43 Å². The molecule has 1 aromatic carbocycles. The molecule has 0 radical (unpaired) electrons. The van der Waals surface area contributed by atoms with Crippen LogP contribution in [0, 0.1) is 0 Å². The summed E-state index contributed by atoms with van der Waals surface area (Å²) >= 11 is 0. The molecule has 0 saturated carbocycles. The first-order chi connectivity index (χ1) is 11.0. The Labute approximate surface area is 135 Å². The highest BCUT2D eigenvalue weighted by Crippen LogP contribution is 2.25. The van der Waals surface area contributed by atoms with Crippen molar-refractivity contribution in [3.05, 3.63) is 53.3 Å². The van der Waals surface area contributed by atoms with Gasteiger partial charge in [0.1, 0.15) is 5.69 Å². The molecule has 0 atom stereocenters. The van der Waals surface area contributed by atoms with E-state index in [9.17, 15) is 8.78 Å². The number of likely N-dealkylation sites (tertiary alicyclic amines) is 1. The van der Waals surface area contributed by atoms with Crippen LogP contribution in [0.5, 0.6) is 0 Å². The molecular weight excluding hydrogens is 298 g/mol. The second-order valence-corrected chi connectivity index (χ2v) is 6.26. The number of aromatic nitrogens is 2. The number of halogens is 2. The molecule has 23 heavy (non-hydrogen) atoms. The average molecular weight is 320 g/mol. The highest BCUT2D eigenvalue weighted by molar-refractivity contribution is 5.19. The molecule has 3 rings (SSSR count). The number of aryl methyl sites for hydroxylation is 1. The molecule has 1 aliphatic rings. The number of hydrogen-bond donors (Lipinski definition) is 0. The molecule has 124 valence electrons. The van der Waals surface area contributed by atoms with Gasteiger partial charge in [-0.25, -0.2) is 8.78 Å². The third-order valence-electron chi connectivity index (χ3n) is 4.37. The maximum atomic E-state index is 13.0. The molecule has 0 spiro atoms. The third kappa shape index (κ3) is 3.76. The van der Waals surface area contributed by atoms with Gasteiger partial charge in [0.05, 0.1) is 0 Å². The van der Waals surface area contributed by atoms with Crippen LogP contribution in [0.3, 0.4) is 0 Å². The number of likely N-dealkylation sites (N-methyl/N-ethyl adjacent to an activating group) is 1. The highest BCUT2D eigenvalue weighted by atomic mass is 19.3. The first-order valence-electron chi connectivity index (χ1n) is 7.80. The Morgan fingerprint density at radius 3 is 2.61 bits per heavy atom. The van der Waals surface area contributed by atoms with Crippen LogP contribution < -0.4 is 0 Å². The maximum Gasteiger partial charge on any atom is 0.282 e. The molecule has 0 unspecified atom stereocenters. The summed E-state index contributed by atoms with van der Waals surface area (Å²) in [4.78, 5) is 4.51. The molecule has 1 aliphatic heterocycles. The fourth-order valence-corrected chi connectivity index (χ4v) is 3.05. The van der Waals surface area contributed by atoms with Crippen molar-refractivity contribution in [2.24, 2.45) is 7.05 Å². The molecular formula is C17H22F2N4. The van der Waals surface area contributed by atoms with Gasteiger partial charge in [0.15, 0.2) is 0 Å². The van der Waals surface area contributed by atoms with Crippen LogP contribution in [0.25, 0.3) is 0 Å². The van der Waals surface area contributed by atoms with E-state index in [1.165, 1.54) is 10.2 Å². The van der Waals surface area contributed by atoms with Crippen LogP contribution >= 0.6 is 0 Å². The van der Waals surface area contributed by atoms with E-state index in [2.05, 4.69) is 34.1 Å². The van der Waals surface area contributed by atoms with Crippen LogP contribution in [0.4, 0.5) is 8.78 Å². The Bertz CT molecular complexity index is 635. The summed E-state index contributed by atoms with van der Waals surface area (Å²) in [7, 11) is 3.80. The summed E-state index contributed by atoms with van der Waals surface area (Å²) in [6, 6.07) is 10.8. The van der Waals surface area contributed by atoms with Gasteiger partial charge in [-0.05, 0) is 12.6 Å². The largest absolute Gasteiger partial charge is 0.297 e. The van der Waals surface area contributed by atoms with Gasteiger partial charge >= 0.3 is 0 Å². The van der Waals surface area contributed by atoms with Crippen molar-refractivity contribution < 1.29 is 8.78 Å². The lowest BCUT2D eigenvalue weighted by atomic mass is 10.1.